The van der Waals surface area contributed by atoms with Crippen molar-refractivity contribution >= 4 is 11.7 Å². The van der Waals surface area contributed by atoms with Crippen LogP contribution in [-0.4, -0.2) is 59.9 Å². The van der Waals surface area contributed by atoms with Gasteiger partial charge in [-0.2, -0.15) is 0 Å². The fraction of sp³-hybridized carbons (Fsp3) is 0.370. The van der Waals surface area contributed by atoms with Crippen LogP contribution < -0.4 is 14.4 Å². The number of ether oxygens (including phenoxy) is 2. The summed E-state index contributed by atoms with van der Waals surface area (Å²) in [5.41, 5.74) is 3.06. The molecule has 34 heavy (non-hydrogen) atoms. The lowest BCUT2D eigenvalue weighted by molar-refractivity contribution is -0.138. The quantitative estimate of drug-likeness (QED) is 0.501. The van der Waals surface area contributed by atoms with Gasteiger partial charge in [0.2, 0.25) is 0 Å². The molecule has 4 rings (SSSR count). The monoisotopic (exact) mass is 460 g/mol. The summed E-state index contributed by atoms with van der Waals surface area (Å²) in [5.74, 6) is 2.40. The van der Waals surface area contributed by atoms with Crippen LogP contribution in [0.15, 0.2) is 60.7 Å². The standard InChI is InChI=1S/C27H32N4O3/c1-4-21-6-10-24(11-7-21)34-20(3)27(32)31-18-16-30(17-19-31)26-15-14-25(28-29-26)22-8-12-23(13-9-22)33-5-2/h6-15,20H,4-5,16-19H2,1-3H3. The Kier molecular flexibility index (Phi) is 7.62. The Bertz CT molecular complexity index is 1060. The van der Waals surface area contributed by atoms with Crippen molar-refractivity contribution in [3.05, 3.63) is 66.2 Å². The van der Waals surface area contributed by atoms with E-state index in [9.17, 15) is 4.79 Å². The van der Waals surface area contributed by atoms with Gasteiger partial charge >= 0.3 is 0 Å². The maximum Gasteiger partial charge on any atom is 0.263 e. The zero-order chi connectivity index (χ0) is 23.9. The highest BCUT2D eigenvalue weighted by molar-refractivity contribution is 5.81. The molecule has 0 N–H and O–H groups in total. The first kappa shape index (κ1) is 23.5. The van der Waals surface area contributed by atoms with Crippen molar-refractivity contribution in [3.63, 3.8) is 0 Å². The molecule has 7 nitrogen and oxygen atoms in total. The molecule has 1 aliphatic heterocycles. The summed E-state index contributed by atoms with van der Waals surface area (Å²) in [6.45, 7) is 9.21. The number of hydrogen-bond donors (Lipinski definition) is 0. The van der Waals surface area contributed by atoms with Crippen LogP contribution in [-0.2, 0) is 11.2 Å². The summed E-state index contributed by atoms with van der Waals surface area (Å²) in [7, 11) is 0. The number of aryl methyl sites for hydroxylation is 1. The molecule has 2 aromatic carbocycles. The van der Waals surface area contributed by atoms with Crippen LogP contribution >= 0.6 is 0 Å². The molecule has 3 aromatic rings. The van der Waals surface area contributed by atoms with Gasteiger partial charge in [0.05, 0.1) is 12.3 Å². The number of aromatic nitrogens is 2. The third kappa shape index (κ3) is 5.65. The molecule has 1 amide bonds. The Balaban J connectivity index is 1.30. The maximum absolute atomic E-state index is 12.9. The molecular weight excluding hydrogens is 428 g/mol. The molecule has 0 saturated carbocycles. The molecule has 1 fully saturated rings. The summed E-state index contributed by atoms with van der Waals surface area (Å²) in [4.78, 5) is 16.9. The molecule has 7 heteroatoms. The van der Waals surface area contributed by atoms with E-state index in [2.05, 4.69) is 22.0 Å². The number of nitrogens with zero attached hydrogens (tertiary/aromatic N) is 4. The predicted octanol–water partition coefficient (Wildman–Crippen LogP) is 4.22. The van der Waals surface area contributed by atoms with E-state index in [-0.39, 0.29) is 5.91 Å². The van der Waals surface area contributed by atoms with E-state index in [1.807, 2.05) is 79.4 Å². The average Bonchev–Trinajstić information content (AvgIpc) is 2.89. The molecule has 1 atom stereocenters. The Morgan fingerprint density at radius 3 is 2.15 bits per heavy atom. The average molecular weight is 461 g/mol. The molecule has 0 bridgehead atoms. The molecule has 0 aliphatic carbocycles. The van der Waals surface area contributed by atoms with Gasteiger partial charge in [0.25, 0.3) is 5.91 Å². The summed E-state index contributed by atoms with van der Waals surface area (Å²) in [5, 5.41) is 8.84. The third-order valence-electron chi connectivity index (χ3n) is 6.02. The number of carbonyl (C=O) groups is 1. The van der Waals surface area contributed by atoms with Gasteiger partial charge in [-0.15, -0.1) is 10.2 Å². The SMILES string of the molecule is CCOc1ccc(-c2ccc(N3CCN(C(=O)C(C)Oc4ccc(CC)cc4)CC3)nn2)cc1. The van der Waals surface area contributed by atoms with E-state index in [4.69, 9.17) is 9.47 Å². The minimum absolute atomic E-state index is 0.0103. The Morgan fingerprint density at radius 2 is 1.56 bits per heavy atom. The predicted molar refractivity (Wildman–Crippen MR) is 133 cm³/mol. The highest BCUT2D eigenvalue weighted by atomic mass is 16.5. The maximum atomic E-state index is 12.9. The van der Waals surface area contributed by atoms with Crippen LogP contribution in [0.3, 0.4) is 0 Å². The topological polar surface area (TPSA) is 67.8 Å². The van der Waals surface area contributed by atoms with Crippen molar-refractivity contribution in [2.75, 3.05) is 37.7 Å². The van der Waals surface area contributed by atoms with E-state index >= 15 is 0 Å². The summed E-state index contributed by atoms with van der Waals surface area (Å²) in [6.07, 6.45) is 0.459. The lowest BCUT2D eigenvalue weighted by Gasteiger charge is -2.36. The number of piperazine rings is 1. The van der Waals surface area contributed by atoms with Crippen molar-refractivity contribution < 1.29 is 14.3 Å². The number of hydrogen-bond acceptors (Lipinski definition) is 6. The Hall–Kier alpha value is -3.61. The molecule has 178 valence electrons. The molecule has 1 aromatic heterocycles. The van der Waals surface area contributed by atoms with Gasteiger partial charge in [0.1, 0.15) is 11.5 Å². The van der Waals surface area contributed by atoms with Crippen LogP contribution in [0.5, 0.6) is 11.5 Å². The molecule has 1 saturated heterocycles. The number of amides is 1. The fourth-order valence-corrected chi connectivity index (χ4v) is 4.01. The zero-order valence-electron chi connectivity index (χ0n) is 20.1. The highest BCUT2D eigenvalue weighted by Crippen LogP contribution is 2.22. The van der Waals surface area contributed by atoms with E-state index < -0.39 is 6.10 Å². The van der Waals surface area contributed by atoms with E-state index in [1.54, 1.807) is 0 Å². The van der Waals surface area contributed by atoms with Crippen molar-refractivity contribution in [1.82, 2.24) is 15.1 Å². The van der Waals surface area contributed by atoms with Crippen LogP contribution in [0.1, 0.15) is 26.3 Å². The van der Waals surface area contributed by atoms with Crippen LogP contribution in [0.2, 0.25) is 0 Å². The van der Waals surface area contributed by atoms with Gasteiger partial charge in [-0.05, 0) is 74.4 Å². The lowest BCUT2D eigenvalue weighted by Crippen LogP contribution is -2.52. The van der Waals surface area contributed by atoms with Gasteiger partial charge in [-0.25, -0.2) is 0 Å². The number of rotatable bonds is 8. The van der Waals surface area contributed by atoms with Crippen LogP contribution in [0, 0.1) is 0 Å². The first-order valence-corrected chi connectivity index (χ1v) is 11.9. The third-order valence-corrected chi connectivity index (χ3v) is 6.02. The summed E-state index contributed by atoms with van der Waals surface area (Å²) in [6, 6.07) is 19.7. The van der Waals surface area contributed by atoms with Crippen molar-refractivity contribution in [1.29, 1.82) is 0 Å². The molecule has 2 heterocycles. The Morgan fingerprint density at radius 1 is 0.882 bits per heavy atom. The second-order valence-electron chi connectivity index (χ2n) is 8.30. The van der Waals surface area contributed by atoms with Crippen molar-refractivity contribution in [3.8, 4) is 22.8 Å². The molecule has 1 unspecified atom stereocenters. The normalized spacial score (nSPS) is 14.6. The van der Waals surface area contributed by atoms with Crippen LogP contribution in [0.25, 0.3) is 11.3 Å². The first-order chi connectivity index (χ1) is 16.6. The number of anilines is 1. The van der Waals surface area contributed by atoms with Gasteiger partial charge in [-0.3, -0.25) is 4.79 Å². The van der Waals surface area contributed by atoms with Crippen molar-refractivity contribution in [2.45, 2.75) is 33.3 Å². The highest BCUT2D eigenvalue weighted by Gasteiger charge is 2.26. The summed E-state index contributed by atoms with van der Waals surface area (Å²) >= 11 is 0. The second kappa shape index (κ2) is 11.0. The van der Waals surface area contributed by atoms with Gasteiger partial charge in [-0.1, -0.05) is 19.1 Å². The smallest absolute Gasteiger partial charge is 0.263 e. The van der Waals surface area contributed by atoms with E-state index in [1.165, 1.54) is 5.56 Å². The minimum atomic E-state index is -0.521. The second-order valence-corrected chi connectivity index (χ2v) is 8.30. The van der Waals surface area contributed by atoms with Crippen molar-refractivity contribution in [2.24, 2.45) is 0 Å². The van der Waals surface area contributed by atoms with Gasteiger partial charge < -0.3 is 19.3 Å². The lowest BCUT2D eigenvalue weighted by atomic mass is 10.1. The Labute approximate surface area is 201 Å². The molecular formula is C27H32N4O3. The first-order valence-electron chi connectivity index (χ1n) is 11.9. The number of carbonyl (C=O) groups excluding carboxylic acids is 1. The number of benzene rings is 2. The summed E-state index contributed by atoms with van der Waals surface area (Å²) < 4.78 is 11.4. The fourth-order valence-electron chi connectivity index (χ4n) is 4.01. The zero-order valence-corrected chi connectivity index (χ0v) is 20.1. The van der Waals surface area contributed by atoms with E-state index in [0.717, 1.165) is 35.0 Å². The largest absolute Gasteiger partial charge is 0.494 e. The molecule has 1 aliphatic rings. The van der Waals surface area contributed by atoms with Gasteiger partial charge in [0.15, 0.2) is 11.9 Å². The van der Waals surface area contributed by atoms with E-state index in [0.29, 0.717) is 32.8 Å². The minimum Gasteiger partial charge on any atom is -0.494 e. The van der Waals surface area contributed by atoms with Gasteiger partial charge in [0, 0.05) is 31.7 Å². The molecule has 0 radical (unpaired) electrons. The van der Waals surface area contributed by atoms with Crippen LogP contribution in [0.4, 0.5) is 5.82 Å². The molecule has 0 spiro atoms.